The lowest BCUT2D eigenvalue weighted by Gasteiger charge is -2.49. The number of hydrogen-bond acceptors (Lipinski definition) is 1. The van der Waals surface area contributed by atoms with Crippen molar-refractivity contribution in [2.45, 2.75) is 89.1 Å². The van der Waals surface area contributed by atoms with Crippen LogP contribution in [0.15, 0.2) is 180 Å². The molecule has 0 bridgehead atoms. The fourth-order valence-corrected chi connectivity index (χ4v) is 13.8. The van der Waals surface area contributed by atoms with E-state index in [1.165, 1.54) is 81.0 Å². The van der Waals surface area contributed by atoms with Crippen molar-refractivity contribution in [3.8, 4) is 0 Å². The highest BCUT2D eigenvalue weighted by atomic mass is 15.2. The van der Waals surface area contributed by atoms with Crippen LogP contribution < -0.4 is 0 Å². The lowest BCUT2D eigenvalue weighted by atomic mass is 9.56. The molecule has 0 amide bonds. The standard InChI is InChI=1S/C56H61N/c1-4-17-38(18-5-1)42-33-43(39-19-6-2-7-20-39)35-44(34-42)53-37-41-32-31-40(36-52(41)48-25-12-13-26-49(48)53)46-23-10-11-24-47(46)50-28-16-30-55-56(50)51-27-14-15-29-54(51)57(55)45-21-8-3-9-22-45/h1-2,4-8,10-13,15,17-19,21-26,28-29,33-34,39-41,43,46-48,51-52,54-56H,3,9,14,16,20,27,30-32,35-37H2. The van der Waals surface area contributed by atoms with Crippen LogP contribution in [0.1, 0.15) is 82.6 Å². The van der Waals surface area contributed by atoms with Crippen LogP contribution in [0.2, 0.25) is 0 Å². The summed E-state index contributed by atoms with van der Waals surface area (Å²) < 4.78 is 0. The van der Waals surface area contributed by atoms with Gasteiger partial charge in [0, 0.05) is 29.5 Å². The fraction of sp³-hybridized carbons (Fsp3) is 0.429. The molecule has 1 saturated carbocycles. The Morgan fingerprint density at radius 1 is 0.614 bits per heavy atom. The van der Waals surface area contributed by atoms with Crippen molar-refractivity contribution in [1.82, 2.24) is 4.90 Å². The Morgan fingerprint density at radius 3 is 2.39 bits per heavy atom. The minimum absolute atomic E-state index is 0.531. The summed E-state index contributed by atoms with van der Waals surface area (Å²) >= 11 is 0. The molecule has 1 heteroatoms. The van der Waals surface area contributed by atoms with Gasteiger partial charge in [-0.15, -0.1) is 0 Å². The largest absolute Gasteiger partial charge is 0.361 e. The lowest BCUT2D eigenvalue weighted by molar-refractivity contribution is 0.108. The van der Waals surface area contributed by atoms with Crippen LogP contribution in [0.3, 0.4) is 0 Å². The van der Waals surface area contributed by atoms with Crippen molar-refractivity contribution < 1.29 is 0 Å². The zero-order valence-electron chi connectivity index (χ0n) is 33.8. The summed E-state index contributed by atoms with van der Waals surface area (Å²) in [6.45, 7) is 0. The van der Waals surface area contributed by atoms with E-state index in [1.54, 1.807) is 16.7 Å². The lowest BCUT2D eigenvalue weighted by Crippen LogP contribution is -2.41. The van der Waals surface area contributed by atoms with Gasteiger partial charge in [0.05, 0.1) is 6.04 Å². The number of likely N-dealkylation sites (tertiary alicyclic amines) is 1. The topological polar surface area (TPSA) is 3.24 Å². The number of nitrogens with zero attached hydrogens (tertiary/aromatic N) is 1. The molecule has 0 N–H and O–H groups in total. The van der Waals surface area contributed by atoms with Gasteiger partial charge in [0.25, 0.3) is 0 Å². The van der Waals surface area contributed by atoms with E-state index in [1.807, 2.05) is 5.57 Å². The zero-order chi connectivity index (χ0) is 37.7. The first-order valence-corrected chi connectivity index (χ1v) is 23.0. The van der Waals surface area contributed by atoms with Gasteiger partial charge in [-0.25, -0.2) is 0 Å². The number of allylic oxidation sites excluding steroid dienone is 23. The van der Waals surface area contributed by atoms with Gasteiger partial charge < -0.3 is 4.90 Å². The summed E-state index contributed by atoms with van der Waals surface area (Å²) in [5, 5.41) is 0. The SMILES string of the molecule is C1=CCC(C2C=C(c3ccccc3)C=C(C3=C4C=CC=CC4C4CC(C5C=CC=CC5C5=CCCC6C5C5CCC=CC5N6C5=CCCC=C5)CCC4C3)C2)C=C1. The van der Waals surface area contributed by atoms with Gasteiger partial charge in [-0.3, -0.25) is 0 Å². The van der Waals surface area contributed by atoms with E-state index in [0.717, 1.165) is 36.5 Å². The molecule has 11 rings (SSSR count). The van der Waals surface area contributed by atoms with Crippen molar-refractivity contribution in [3.05, 3.63) is 185 Å². The Kier molecular flexibility index (Phi) is 9.68. The summed E-state index contributed by atoms with van der Waals surface area (Å²) in [4.78, 5) is 2.90. The average Bonchev–Trinajstić information content (AvgIpc) is 3.64. The maximum absolute atomic E-state index is 2.90. The Morgan fingerprint density at radius 2 is 1.49 bits per heavy atom. The van der Waals surface area contributed by atoms with E-state index >= 15 is 0 Å². The molecule has 1 heterocycles. The maximum atomic E-state index is 2.90. The van der Waals surface area contributed by atoms with Crippen LogP contribution in [-0.4, -0.2) is 17.0 Å². The van der Waals surface area contributed by atoms with Crippen LogP contribution >= 0.6 is 0 Å². The second-order valence-corrected chi connectivity index (χ2v) is 19.1. The number of hydrogen-bond donors (Lipinski definition) is 0. The van der Waals surface area contributed by atoms with E-state index < -0.39 is 0 Å². The van der Waals surface area contributed by atoms with E-state index in [-0.39, 0.29) is 0 Å². The first-order chi connectivity index (χ1) is 28.3. The smallest absolute Gasteiger partial charge is 0.0511 e. The molecule has 57 heavy (non-hydrogen) atoms. The third-order valence-electron chi connectivity index (χ3n) is 16.3. The molecule has 0 aromatic heterocycles. The monoisotopic (exact) mass is 747 g/mol. The highest BCUT2D eigenvalue weighted by Gasteiger charge is 2.53. The Labute approximate surface area is 342 Å². The molecule has 0 spiro atoms. The molecule has 1 aromatic rings. The third-order valence-corrected chi connectivity index (χ3v) is 16.3. The molecule has 2 fully saturated rings. The number of benzene rings is 1. The molecule has 1 nitrogen and oxygen atoms in total. The molecular formula is C56H61N. The highest BCUT2D eigenvalue weighted by Crippen LogP contribution is 2.57. The van der Waals surface area contributed by atoms with Crippen molar-refractivity contribution in [3.63, 3.8) is 0 Å². The molecule has 0 radical (unpaired) electrons. The van der Waals surface area contributed by atoms with Crippen LogP contribution in [0.5, 0.6) is 0 Å². The molecule has 10 aliphatic rings. The first-order valence-electron chi connectivity index (χ1n) is 23.0. The first kappa shape index (κ1) is 35.8. The summed E-state index contributed by atoms with van der Waals surface area (Å²) in [6, 6.07) is 12.4. The highest BCUT2D eigenvalue weighted by molar-refractivity contribution is 5.77. The van der Waals surface area contributed by atoms with Crippen LogP contribution in [-0.2, 0) is 0 Å². The molecule has 1 aliphatic heterocycles. The second kappa shape index (κ2) is 15.4. The predicted molar refractivity (Wildman–Crippen MR) is 239 cm³/mol. The van der Waals surface area contributed by atoms with E-state index in [9.17, 15) is 0 Å². The summed E-state index contributed by atoms with van der Waals surface area (Å²) in [5.74, 6) is 6.42. The van der Waals surface area contributed by atoms with Gasteiger partial charge in [0.15, 0.2) is 0 Å². The van der Waals surface area contributed by atoms with Crippen molar-refractivity contribution in [2.75, 3.05) is 0 Å². The minimum atomic E-state index is 0.531. The van der Waals surface area contributed by atoms with Crippen molar-refractivity contribution in [1.29, 1.82) is 0 Å². The van der Waals surface area contributed by atoms with Gasteiger partial charge >= 0.3 is 0 Å². The van der Waals surface area contributed by atoms with E-state index in [4.69, 9.17) is 0 Å². The predicted octanol–water partition coefficient (Wildman–Crippen LogP) is 13.6. The van der Waals surface area contributed by atoms with Crippen molar-refractivity contribution >= 4 is 5.57 Å². The van der Waals surface area contributed by atoms with E-state index in [2.05, 4.69) is 157 Å². The summed E-state index contributed by atoms with van der Waals surface area (Å²) in [6.07, 6.45) is 64.9. The van der Waals surface area contributed by atoms with Crippen molar-refractivity contribution in [2.24, 2.45) is 59.2 Å². The molecule has 1 aromatic carbocycles. The molecule has 9 aliphatic carbocycles. The quantitative estimate of drug-likeness (QED) is 0.262. The summed E-state index contributed by atoms with van der Waals surface area (Å²) in [5.41, 5.74) is 11.0. The molecule has 12 atom stereocenters. The van der Waals surface area contributed by atoms with Gasteiger partial charge in [-0.1, -0.05) is 151 Å². The fourth-order valence-electron chi connectivity index (χ4n) is 13.8. The molecule has 1 saturated heterocycles. The Hall–Kier alpha value is -4.36. The minimum Gasteiger partial charge on any atom is -0.361 e. The Balaban J connectivity index is 0.880. The molecule has 12 unspecified atom stereocenters. The zero-order valence-corrected chi connectivity index (χ0v) is 33.8. The number of rotatable bonds is 6. The second-order valence-electron chi connectivity index (χ2n) is 19.1. The summed E-state index contributed by atoms with van der Waals surface area (Å²) in [7, 11) is 0. The van der Waals surface area contributed by atoms with Crippen LogP contribution in [0, 0.1) is 59.2 Å². The van der Waals surface area contributed by atoms with E-state index in [0.29, 0.717) is 47.6 Å². The average molecular weight is 748 g/mol. The van der Waals surface area contributed by atoms with Crippen LogP contribution in [0.4, 0.5) is 0 Å². The Bertz CT molecular complexity index is 2130. The van der Waals surface area contributed by atoms with Gasteiger partial charge in [-0.05, 0) is 152 Å². The normalized spacial score (nSPS) is 38.8. The molecule has 290 valence electrons. The van der Waals surface area contributed by atoms with Gasteiger partial charge in [0.1, 0.15) is 0 Å². The van der Waals surface area contributed by atoms with Gasteiger partial charge in [-0.2, -0.15) is 0 Å². The molecular weight excluding hydrogens is 687 g/mol. The van der Waals surface area contributed by atoms with Crippen LogP contribution in [0.25, 0.3) is 5.57 Å². The maximum Gasteiger partial charge on any atom is 0.0511 e. The van der Waals surface area contributed by atoms with Gasteiger partial charge in [0.2, 0.25) is 0 Å². The third kappa shape index (κ3) is 6.53. The number of fused-ring (bicyclic) bond motifs is 6.